The van der Waals surface area contributed by atoms with E-state index in [4.69, 9.17) is 11.6 Å². The van der Waals surface area contributed by atoms with E-state index in [1.807, 2.05) is 0 Å². The second-order valence-electron chi connectivity index (χ2n) is 7.08. The number of hydrogen-bond acceptors (Lipinski definition) is 6. The normalized spacial score (nSPS) is 11.1. The molecule has 2 aromatic carbocycles. The van der Waals surface area contributed by atoms with Crippen molar-refractivity contribution in [2.75, 3.05) is 10.0 Å². The monoisotopic (exact) mass is 472 g/mol. The summed E-state index contributed by atoms with van der Waals surface area (Å²) in [5, 5.41) is 3.18. The number of nitrogens with zero attached hydrogens (tertiary/aromatic N) is 2. The van der Waals surface area contributed by atoms with Crippen LogP contribution in [0.1, 0.15) is 34.6 Å². The molecule has 1 heterocycles. The van der Waals surface area contributed by atoms with Gasteiger partial charge >= 0.3 is 0 Å². The molecule has 0 aliphatic carbocycles. The number of anilines is 2. The molecule has 3 aromatic rings. The molecule has 32 heavy (non-hydrogen) atoms. The van der Waals surface area contributed by atoms with Crippen LogP contribution in [-0.4, -0.2) is 30.1 Å². The number of amides is 1. The maximum Gasteiger partial charge on any atom is 0.264 e. The third kappa shape index (κ3) is 6.35. The second-order valence-corrected chi connectivity index (χ2v) is 9.20. The van der Waals surface area contributed by atoms with Gasteiger partial charge in [-0.2, -0.15) is 0 Å². The van der Waals surface area contributed by atoms with Crippen LogP contribution >= 0.6 is 11.6 Å². The average Bonchev–Trinajstić information content (AvgIpc) is 2.72. The van der Waals surface area contributed by atoms with Gasteiger partial charge in [0.15, 0.2) is 5.78 Å². The fourth-order valence-electron chi connectivity index (χ4n) is 2.90. The number of nitrogens with one attached hydrogen (secondary N) is 2. The fraction of sp³-hybridized carbons (Fsp3) is 0.182. The van der Waals surface area contributed by atoms with Crippen LogP contribution in [0, 0.1) is 13.8 Å². The molecule has 1 amide bonds. The lowest BCUT2D eigenvalue weighted by molar-refractivity contribution is -0.116. The number of carbonyl (C=O) groups is 2. The summed E-state index contributed by atoms with van der Waals surface area (Å²) in [7, 11) is -3.89. The minimum Gasteiger partial charge on any atom is -0.326 e. The smallest absolute Gasteiger partial charge is 0.264 e. The van der Waals surface area contributed by atoms with E-state index in [9.17, 15) is 18.0 Å². The van der Waals surface area contributed by atoms with Crippen molar-refractivity contribution in [3.8, 4) is 0 Å². The van der Waals surface area contributed by atoms with Crippen molar-refractivity contribution in [3.63, 3.8) is 0 Å². The van der Waals surface area contributed by atoms with E-state index in [1.54, 1.807) is 44.2 Å². The highest BCUT2D eigenvalue weighted by atomic mass is 35.5. The topological polar surface area (TPSA) is 118 Å². The van der Waals surface area contributed by atoms with Gasteiger partial charge in [0.05, 0.1) is 4.90 Å². The molecule has 10 heteroatoms. The predicted octanol–water partition coefficient (Wildman–Crippen LogP) is 4.15. The van der Waals surface area contributed by atoms with Crippen molar-refractivity contribution >= 4 is 45.0 Å². The minimum absolute atomic E-state index is 0.00354. The van der Waals surface area contributed by atoms with Crippen LogP contribution in [0.3, 0.4) is 0 Å². The zero-order valence-electron chi connectivity index (χ0n) is 17.4. The Kier molecular flexibility index (Phi) is 7.22. The van der Waals surface area contributed by atoms with E-state index in [1.165, 1.54) is 24.3 Å². The molecule has 0 radical (unpaired) electrons. The zero-order valence-corrected chi connectivity index (χ0v) is 19.0. The van der Waals surface area contributed by atoms with Crippen LogP contribution < -0.4 is 10.0 Å². The lowest BCUT2D eigenvalue weighted by Crippen LogP contribution is -2.16. The largest absolute Gasteiger partial charge is 0.326 e. The zero-order chi connectivity index (χ0) is 23.3. The molecule has 0 spiro atoms. The van der Waals surface area contributed by atoms with Gasteiger partial charge in [0.1, 0.15) is 0 Å². The summed E-state index contributed by atoms with van der Waals surface area (Å²) < 4.78 is 27.5. The molecular weight excluding hydrogens is 452 g/mol. The van der Waals surface area contributed by atoms with Gasteiger partial charge in [-0.15, -0.1) is 0 Å². The summed E-state index contributed by atoms with van der Waals surface area (Å²) >= 11 is 5.80. The SMILES string of the molecule is Cc1cc(C)nc(NS(=O)(=O)c2ccc(NC(=O)CCC(=O)c3ccc(Cl)cc3)cc2)n1. The van der Waals surface area contributed by atoms with Gasteiger partial charge in [0.25, 0.3) is 10.0 Å². The number of benzene rings is 2. The van der Waals surface area contributed by atoms with Crippen molar-refractivity contribution in [2.45, 2.75) is 31.6 Å². The Morgan fingerprint density at radius 1 is 0.906 bits per heavy atom. The number of Topliss-reactive ketones (excluding diaryl/α,β-unsaturated/α-hetero) is 1. The van der Waals surface area contributed by atoms with Crippen LogP contribution in [0.2, 0.25) is 5.02 Å². The molecule has 0 unspecified atom stereocenters. The van der Waals surface area contributed by atoms with Gasteiger partial charge < -0.3 is 5.32 Å². The molecule has 0 bridgehead atoms. The third-order valence-electron chi connectivity index (χ3n) is 4.40. The van der Waals surface area contributed by atoms with Gasteiger partial charge in [-0.3, -0.25) is 9.59 Å². The maximum atomic E-state index is 12.6. The summed E-state index contributed by atoms with van der Waals surface area (Å²) in [6.45, 7) is 3.49. The molecule has 0 aliphatic rings. The molecule has 3 rings (SSSR count). The van der Waals surface area contributed by atoms with E-state index in [2.05, 4.69) is 20.0 Å². The van der Waals surface area contributed by atoms with E-state index in [0.29, 0.717) is 27.7 Å². The first-order valence-electron chi connectivity index (χ1n) is 9.66. The number of rotatable bonds is 8. The third-order valence-corrected chi connectivity index (χ3v) is 6.00. The quantitative estimate of drug-likeness (QED) is 0.475. The molecule has 8 nitrogen and oxygen atoms in total. The molecule has 166 valence electrons. The Labute approximate surface area is 191 Å². The molecule has 0 fully saturated rings. The predicted molar refractivity (Wildman–Crippen MR) is 122 cm³/mol. The first-order valence-corrected chi connectivity index (χ1v) is 11.5. The lowest BCUT2D eigenvalue weighted by atomic mass is 10.1. The lowest BCUT2D eigenvalue weighted by Gasteiger charge is -2.09. The summed E-state index contributed by atoms with van der Waals surface area (Å²) in [5.41, 5.74) is 2.18. The average molecular weight is 473 g/mol. The summed E-state index contributed by atoms with van der Waals surface area (Å²) in [6.07, 6.45) is 0.0346. The van der Waals surface area contributed by atoms with Crippen molar-refractivity contribution in [1.29, 1.82) is 0 Å². The number of hydrogen-bond donors (Lipinski definition) is 2. The first kappa shape index (κ1) is 23.4. The van der Waals surface area contributed by atoms with Crippen molar-refractivity contribution in [1.82, 2.24) is 9.97 Å². The Bertz CT molecular complexity index is 1220. The first-order chi connectivity index (χ1) is 15.1. The molecule has 1 aromatic heterocycles. The Morgan fingerprint density at radius 3 is 2.09 bits per heavy atom. The summed E-state index contributed by atoms with van der Waals surface area (Å²) in [6, 6.07) is 13.8. The fourth-order valence-corrected chi connectivity index (χ4v) is 3.97. The van der Waals surface area contributed by atoms with Crippen molar-refractivity contribution < 1.29 is 18.0 Å². The van der Waals surface area contributed by atoms with E-state index in [-0.39, 0.29) is 35.4 Å². The van der Waals surface area contributed by atoms with Crippen LogP contribution in [0.15, 0.2) is 59.5 Å². The number of carbonyl (C=O) groups excluding carboxylic acids is 2. The number of ketones is 1. The molecule has 2 N–H and O–H groups in total. The van der Waals surface area contributed by atoms with Gasteiger partial charge in [-0.1, -0.05) is 11.6 Å². The van der Waals surface area contributed by atoms with Crippen molar-refractivity contribution in [3.05, 3.63) is 76.6 Å². The number of sulfonamides is 1. The van der Waals surface area contributed by atoms with Crippen molar-refractivity contribution in [2.24, 2.45) is 0 Å². The van der Waals surface area contributed by atoms with Crippen LogP contribution in [0.5, 0.6) is 0 Å². The highest BCUT2D eigenvalue weighted by Gasteiger charge is 2.16. The standard InChI is InChI=1S/C22H21ClN4O4S/c1-14-13-15(2)25-22(24-14)27-32(30,31)19-9-7-18(8-10-19)26-21(29)12-11-20(28)16-3-5-17(23)6-4-16/h3-10,13H,11-12H2,1-2H3,(H,26,29)(H,24,25,27). The molecule has 0 saturated carbocycles. The van der Waals surface area contributed by atoms with Gasteiger partial charge in [-0.05, 0) is 68.4 Å². The highest BCUT2D eigenvalue weighted by Crippen LogP contribution is 2.18. The molecule has 0 aliphatic heterocycles. The van der Waals surface area contributed by atoms with Crippen LogP contribution in [0.25, 0.3) is 0 Å². The highest BCUT2D eigenvalue weighted by molar-refractivity contribution is 7.92. The van der Waals surface area contributed by atoms with E-state index >= 15 is 0 Å². The Morgan fingerprint density at radius 2 is 1.50 bits per heavy atom. The summed E-state index contributed by atoms with van der Waals surface area (Å²) in [5.74, 6) is -0.534. The van der Waals surface area contributed by atoms with Crippen LogP contribution in [-0.2, 0) is 14.8 Å². The molecule has 0 saturated heterocycles. The van der Waals surface area contributed by atoms with Crippen LogP contribution in [0.4, 0.5) is 11.6 Å². The molecule has 0 atom stereocenters. The summed E-state index contributed by atoms with van der Waals surface area (Å²) in [4.78, 5) is 32.4. The minimum atomic E-state index is -3.89. The Hall–Kier alpha value is -3.30. The molecular formula is C22H21ClN4O4S. The van der Waals surface area contributed by atoms with Gasteiger partial charge in [0.2, 0.25) is 11.9 Å². The van der Waals surface area contributed by atoms with Gasteiger partial charge in [0, 0.05) is 40.5 Å². The number of aromatic nitrogens is 2. The van der Waals surface area contributed by atoms with E-state index < -0.39 is 10.0 Å². The second kappa shape index (κ2) is 9.88. The maximum absolute atomic E-state index is 12.6. The van der Waals surface area contributed by atoms with Gasteiger partial charge in [-0.25, -0.2) is 23.1 Å². The Balaban J connectivity index is 1.58. The van der Waals surface area contributed by atoms with E-state index in [0.717, 1.165) is 0 Å². The number of aryl methyl sites for hydroxylation is 2. The number of halogens is 1.